The van der Waals surface area contributed by atoms with E-state index in [4.69, 9.17) is 25.1 Å². The number of likely N-dealkylation sites (N-methyl/N-ethyl adjacent to an activating group) is 1. The highest BCUT2D eigenvalue weighted by Crippen LogP contribution is 2.65. The van der Waals surface area contributed by atoms with E-state index in [0.717, 1.165) is 11.1 Å². The van der Waals surface area contributed by atoms with Crippen LogP contribution in [0.2, 0.25) is 0 Å². The number of carbonyl (C=O) groups is 3. The van der Waals surface area contributed by atoms with E-state index in [-0.39, 0.29) is 24.0 Å². The van der Waals surface area contributed by atoms with Crippen LogP contribution in [0.15, 0.2) is 24.0 Å². The van der Waals surface area contributed by atoms with Gasteiger partial charge in [-0.1, -0.05) is 6.07 Å². The van der Waals surface area contributed by atoms with Gasteiger partial charge in [-0.3, -0.25) is 9.59 Å². The molecular formula is C24H28N2O9. The van der Waals surface area contributed by atoms with Gasteiger partial charge >= 0.3 is 17.9 Å². The summed E-state index contributed by atoms with van der Waals surface area (Å²) in [4.78, 5) is 37.7. The van der Waals surface area contributed by atoms with Gasteiger partial charge in [0.05, 0.1) is 17.4 Å². The molecule has 0 amide bonds. The second-order valence-electron chi connectivity index (χ2n) is 9.80. The molecule has 5 rings (SSSR count). The van der Waals surface area contributed by atoms with Gasteiger partial charge in [0.25, 0.3) is 0 Å². The number of rotatable bonds is 6. The van der Waals surface area contributed by atoms with Crippen molar-refractivity contribution in [2.24, 2.45) is 5.73 Å². The van der Waals surface area contributed by atoms with Crippen molar-refractivity contribution in [3.8, 4) is 11.5 Å². The molecule has 1 saturated heterocycles. The summed E-state index contributed by atoms with van der Waals surface area (Å²) in [5.41, 5.74) is 4.97. The molecule has 0 unspecified atom stereocenters. The quantitative estimate of drug-likeness (QED) is 0.396. The van der Waals surface area contributed by atoms with Crippen molar-refractivity contribution in [2.75, 3.05) is 13.6 Å². The van der Waals surface area contributed by atoms with E-state index < -0.39 is 53.6 Å². The lowest BCUT2D eigenvalue weighted by molar-refractivity contribution is -0.175. The van der Waals surface area contributed by atoms with Crippen LogP contribution < -0.4 is 10.5 Å². The lowest BCUT2D eigenvalue weighted by Gasteiger charge is -2.61. The molecule has 2 heterocycles. The van der Waals surface area contributed by atoms with Crippen LogP contribution in [0.3, 0.4) is 0 Å². The smallest absolute Gasteiger partial charge is 0.352 e. The molecule has 11 nitrogen and oxygen atoms in total. The summed E-state index contributed by atoms with van der Waals surface area (Å²) in [6.45, 7) is 1.99. The van der Waals surface area contributed by atoms with E-state index in [1.807, 2.05) is 13.1 Å². The number of phenols is 1. The monoisotopic (exact) mass is 488 g/mol. The number of aromatic hydroxyl groups is 1. The Morgan fingerprint density at radius 2 is 2.09 bits per heavy atom. The number of carboxylic acid groups (broad SMARTS) is 1. The number of hydrogen-bond acceptors (Lipinski definition) is 10. The fourth-order valence-electron chi connectivity index (χ4n) is 6.20. The lowest BCUT2D eigenvalue weighted by atomic mass is 9.50. The molecule has 4 aliphatic rings. The summed E-state index contributed by atoms with van der Waals surface area (Å²) in [7, 11) is 1.97. The van der Waals surface area contributed by atoms with Crippen LogP contribution in [0.25, 0.3) is 0 Å². The number of phenolic OH excluding ortho intramolecular Hbond substituents is 1. The third-order valence-corrected chi connectivity index (χ3v) is 7.92. The second kappa shape index (κ2) is 7.94. The molecule has 2 aliphatic carbocycles. The normalized spacial score (nSPS) is 31.9. The molecule has 0 saturated carbocycles. The Bertz CT molecular complexity index is 1150. The van der Waals surface area contributed by atoms with E-state index in [1.54, 1.807) is 12.1 Å². The zero-order chi connectivity index (χ0) is 25.3. The number of aliphatic hydroxyl groups is 1. The van der Waals surface area contributed by atoms with Gasteiger partial charge in [0.1, 0.15) is 11.8 Å². The molecule has 1 aromatic carbocycles. The minimum atomic E-state index is -1.44. The average molecular weight is 488 g/mol. The zero-order valence-electron chi connectivity index (χ0n) is 19.4. The SMILES string of the molecule is C[C@H](OC(=O)C[C@H](N)C(=O)O)C(=O)OC1=CC[C@@]2(O)[C@@H]3Cc4ccc(O)c5c4[C@@]2(CCN3C)[C@H]1O5. The molecule has 2 aliphatic heterocycles. The zero-order valence-corrected chi connectivity index (χ0v) is 19.4. The maximum atomic E-state index is 12.8. The van der Waals surface area contributed by atoms with Crippen molar-refractivity contribution >= 4 is 17.9 Å². The summed E-state index contributed by atoms with van der Waals surface area (Å²) in [6.07, 6.45) is 0.179. The summed E-state index contributed by atoms with van der Waals surface area (Å²) in [6, 6.07) is 1.79. The second-order valence-corrected chi connectivity index (χ2v) is 9.80. The third-order valence-electron chi connectivity index (χ3n) is 7.92. The average Bonchev–Trinajstić information content (AvgIpc) is 3.15. The predicted molar refractivity (Wildman–Crippen MR) is 118 cm³/mol. The van der Waals surface area contributed by atoms with Crippen LogP contribution in [0.5, 0.6) is 11.5 Å². The summed E-state index contributed by atoms with van der Waals surface area (Å²) in [5, 5.41) is 31.5. The number of nitrogens with zero attached hydrogens (tertiary/aromatic N) is 1. The van der Waals surface area contributed by atoms with Crippen LogP contribution in [0, 0.1) is 0 Å². The van der Waals surface area contributed by atoms with Gasteiger partial charge < -0.3 is 40.2 Å². The molecule has 188 valence electrons. The van der Waals surface area contributed by atoms with Gasteiger partial charge in [0.15, 0.2) is 23.7 Å². The van der Waals surface area contributed by atoms with Gasteiger partial charge in [-0.15, -0.1) is 0 Å². The van der Waals surface area contributed by atoms with E-state index in [1.165, 1.54) is 6.92 Å². The van der Waals surface area contributed by atoms with Gasteiger partial charge in [0, 0.05) is 18.0 Å². The number of nitrogens with two attached hydrogens (primary N) is 1. The highest BCUT2D eigenvalue weighted by Gasteiger charge is 2.72. The first-order valence-corrected chi connectivity index (χ1v) is 11.5. The van der Waals surface area contributed by atoms with Gasteiger partial charge in [-0.25, -0.2) is 4.79 Å². The molecule has 11 heteroatoms. The first kappa shape index (κ1) is 23.6. The van der Waals surface area contributed by atoms with Crippen molar-refractivity contribution in [1.29, 1.82) is 0 Å². The van der Waals surface area contributed by atoms with Crippen LogP contribution >= 0.6 is 0 Å². The minimum Gasteiger partial charge on any atom is -0.504 e. The summed E-state index contributed by atoms with van der Waals surface area (Å²) < 4.78 is 16.8. The van der Waals surface area contributed by atoms with Gasteiger partial charge in [-0.2, -0.15) is 0 Å². The Morgan fingerprint density at radius 1 is 1.34 bits per heavy atom. The highest BCUT2D eigenvalue weighted by atomic mass is 16.6. The van der Waals surface area contributed by atoms with Crippen LogP contribution in [0.4, 0.5) is 0 Å². The van der Waals surface area contributed by atoms with Gasteiger partial charge in [0.2, 0.25) is 0 Å². The number of hydrogen-bond donors (Lipinski definition) is 4. The number of aliphatic carboxylic acids is 1. The number of esters is 2. The fraction of sp³-hybridized carbons (Fsp3) is 0.542. The Balaban J connectivity index is 1.42. The lowest BCUT2D eigenvalue weighted by Crippen LogP contribution is -2.74. The maximum absolute atomic E-state index is 12.8. The molecule has 0 radical (unpaired) electrons. The van der Waals surface area contributed by atoms with Crippen molar-refractivity contribution in [2.45, 2.75) is 67.9 Å². The number of carboxylic acids is 1. The molecule has 2 bridgehead atoms. The van der Waals surface area contributed by atoms with Crippen LogP contribution in [0.1, 0.15) is 37.3 Å². The van der Waals surface area contributed by atoms with Crippen molar-refractivity contribution < 1.29 is 43.9 Å². The standard InChI is InChI=1S/C24H28N2O9/c1-11(33-17(28)10-13(25)21(29)30)22(31)34-15-5-6-24(32)16-9-12-3-4-14(27)19-18(12)23(24,20(15)35-19)7-8-26(16)2/h3-5,11,13,16,20,27,32H,6-10,25H2,1-2H3,(H,29,30)/t11-,13-,16-,20-,23-,24+/m0/s1. The number of carbonyl (C=O) groups excluding carboxylic acids is 2. The number of likely N-dealkylation sites (tertiary alicyclic amines) is 1. The Kier molecular flexibility index (Phi) is 5.35. The molecular weight excluding hydrogens is 460 g/mol. The molecule has 1 aromatic rings. The first-order valence-electron chi connectivity index (χ1n) is 11.5. The maximum Gasteiger partial charge on any atom is 0.352 e. The Hall–Kier alpha value is -3.15. The first-order chi connectivity index (χ1) is 16.5. The third kappa shape index (κ3) is 3.25. The predicted octanol–water partition coefficient (Wildman–Crippen LogP) is -0.0532. The molecule has 35 heavy (non-hydrogen) atoms. The molecule has 1 fully saturated rings. The molecule has 5 N–H and O–H groups in total. The summed E-state index contributed by atoms with van der Waals surface area (Å²) >= 11 is 0. The van der Waals surface area contributed by atoms with Crippen molar-refractivity contribution in [3.05, 3.63) is 35.1 Å². The Labute approximate surface area is 201 Å². The Morgan fingerprint density at radius 3 is 2.80 bits per heavy atom. The number of benzene rings is 1. The van der Waals surface area contributed by atoms with Crippen LogP contribution in [-0.2, 0) is 35.7 Å². The highest BCUT2D eigenvalue weighted by molar-refractivity contribution is 5.84. The number of ether oxygens (including phenoxy) is 3. The molecule has 0 aromatic heterocycles. The van der Waals surface area contributed by atoms with Crippen molar-refractivity contribution in [1.82, 2.24) is 4.90 Å². The van der Waals surface area contributed by atoms with E-state index >= 15 is 0 Å². The fourth-order valence-corrected chi connectivity index (χ4v) is 6.20. The molecule has 6 atom stereocenters. The van der Waals surface area contributed by atoms with E-state index in [0.29, 0.717) is 25.1 Å². The largest absolute Gasteiger partial charge is 0.504 e. The molecule has 1 spiro atoms. The van der Waals surface area contributed by atoms with E-state index in [9.17, 15) is 24.6 Å². The van der Waals surface area contributed by atoms with Crippen LogP contribution in [-0.4, -0.2) is 81.6 Å². The van der Waals surface area contributed by atoms with Gasteiger partial charge in [-0.05, 0) is 51.1 Å². The van der Waals surface area contributed by atoms with Crippen molar-refractivity contribution in [3.63, 3.8) is 0 Å². The van der Waals surface area contributed by atoms with E-state index in [2.05, 4.69) is 4.90 Å². The number of piperidine rings is 1. The topological polar surface area (TPSA) is 169 Å². The minimum absolute atomic E-state index is 0.0463. The summed E-state index contributed by atoms with van der Waals surface area (Å²) in [5.74, 6) is -2.76.